The van der Waals surface area contributed by atoms with Gasteiger partial charge in [-0.25, -0.2) is 4.79 Å². The number of aryl methyl sites for hydroxylation is 1. The van der Waals surface area contributed by atoms with Crippen molar-refractivity contribution in [2.75, 3.05) is 0 Å². The van der Waals surface area contributed by atoms with Crippen molar-refractivity contribution in [2.24, 2.45) is 0 Å². The summed E-state index contributed by atoms with van der Waals surface area (Å²) in [4.78, 5) is 26.8. The van der Waals surface area contributed by atoms with Crippen LogP contribution >= 0.6 is 11.3 Å². The number of carboxylic acids is 1. The van der Waals surface area contributed by atoms with E-state index in [0.29, 0.717) is 18.7 Å². The molecule has 0 spiro atoms. The van der Waals surface area contributed by atoms with Crippen molar-refractivity contribution >= 4 is 23.2 Å². The van der Waals surface area contributed by atoms with E-state index in [1.54, 1.807) is 16.2 Å². The molecule has 116 valence electrons. The molecule has 22 heavy (non-hydrogen) atoms. The maximum atomic E-state index is 12.7. The van der Waals surface area contributed by atoms with Gasteiger partial charge in [0.05, 0.1) is 6.54 Å². The minimum Gasteiger partial charge on any atom is -0.478 e. The Kier molecular flexibility index (Phi) is 4.02. The lowest BCUT2D eigenvalue weighted by atomic mass is 10.2. The molecule has 1 N–H and O–H groups in total. The fourth-order valence-electron chi connectivity index (χ4n) is 2.44. The summed E-state index contributed by atoms with van der Waals surface area (Å²) in [6.45, 7) is 2.36. The molecule has 6 heteroatoms. The first-order valence-corrected chi connectivity index (χ1v) is 8.17. The minimum atomic E-state index is -1.06. The van der Waals surface area contributed by atoms with Crippen LogP contribution in [0.3, 0.4) is 0 Å². The fraction of sp³-hybridized carbons (Fsp3) is 0.375. The lowest BCUT2D eigenvalue weighted by Gasteiger charge is -2.20. The second-order valence-corrected chi connectivity index (χ2v) is 6.38. The predicted octanol–water partition coefficient (Wildman–Crippen LogP) is 3.41. The van der Waals surface area contributed by atoms with Crippen LogP contribution in [0.25, 0.3) is 0 Å². The minimum absolute atomic E-state index is 0.0812. The SMILES string of the molecule is CCc1oc(C(=O)N(Cc2cccs2)C2CC2)cc1C(=O)O. The first-order chi connectivity index (χ1) is 10.6. The van der Waals surface area contributed by atoms with Gasteiger partial charge in [-0.3, -0.25) is 4.79 Å². The first kappa shape index (κ1) is 14.8. The second kappa shape index (κ2) is 5.96. The highest BCUT2D eigenvalue weighted by Crippen LogP contribution is 2.31. The van der Waals surface area contributed by atoms with Gasteiger partial charge in [0.1, 0.15) is 11.3 Å². The van der Waals surface area contributed by atoms with Gasteiger partial charge in [0, 0.05) is 23.4 Å². The smallest absolute Gasteiger partial charge is 0.339 e. The number of carbonyl (C=O) groups is 2. The van der Waals surface area contributed by atoms with E-state index in [2.05, 4.69) is 0 Å². The molecule has 0 bridgehead atoms. The van der Waals surface area contributed by atoms with Gasteiger partial charge >= 0.3 is 5.97 Å². The molecular weight excluding hydrogens is 302 g/mol. The van der Waals surface area contributed by atoms with Crippen LogP contribution in [0.1, 0.15) is 51.3 Å². The second-order valence-electron chi connectivity index (χ2n) is 5.35. The van der Waals surface area contributed by atoms with Gasteiger partial charge in [-0.15, -0.1) is 11.3 Å². The van der Waals surface area contributed by atoms with Crippen molar-refractivity contribution in [3.8, 4) is 0 Å². The van der Waals surface area contributed by atoms with Crippen LogP contribution < -0.4 is 0 Å². The molecule has 2 aromatic heterocycles. The molecule has 0 aliphatic heterocycles. The van der Waals surface area contributed by atoms with Crippen LogP contribution in [0.15, 0.2) is 28.0 Å². The number of hydrogen-bond donors (Lipinski definition) is 1. The fourth-order valence-corrected chi connectivity index (χ4v) is 3.15. The van der Waals surface area contributed by atoms with E-state index in [1.165, 1.54) is 6.07 Å². The van der Waals surface area contributed by atoms with Crippen molar-refractivity contribution in [1.82, 2.24) is 4.90 Å². The molecule has 1 aliphatic rings. The lowest BCUT2D eigenvalue weighted by Crippen LogP contribution is -2.32. The lowest BCUT2D eigenvalue weighted by molar-refractivity contribution is 0.0685. The van der Waals surface area contributed by atoms with Crippen molar-refractivity contribution < 1.29 is 19.1 Å². The number of rotatable bonds is 6. The standard InChI is InChI=1S/C16H17NO4S/c1-2-13-12(16(19)20)8-14(21-13)15(18)17(10-5-6-10)9-11-4-3-7-22-11/h3-4,7-8,10H,2,5-6,9H2,1H3,(H,19,20). The summed E-state index contributed by atoms with van der Waals surface area (Å²) in [6, 6.07) is 5.54. The van der Waals surface area contributed by atoms with Crippen molar-refractivity contribution in [1.29, 1.82) is 0 Å². The van der Waals surface area contributed by atoms with E-state index >= 15 is 0 Å². The van der Waals surface area contributed by atoms with E-state index < -0.39 is 5.97 Å². The van der Waals surface area contributed by atoms with Crippen molar-refractivity contribution in [3.05, 3.63) is 45.5 Å². The number of aromatic carboxylic acids is 1. The van der Waals surface area contributed by atoms with Crippen LogP contribution in [-0.4, -0.2) is 27.9 Å². The Morgan fingerprint density at radius 2 is 2.23 bits per heavy atom. The monoisotopic (exact) mass is 319 g/mol. The first-order valence-electron chi connectivity index (χ1n) is 7.29. The average molecular weight is 319 g/mol. The Balaban J connectivity index is 1.85. The molecule has 1 fully saturated rings. The molecule has 3 rings (SSSR count). The molecule has 5 nitrogen and oxygen atoms in total. The largest absolute Gasteiger partial charge is 0.478 e. The summed E-state index contributed by atoms with van der Waals surface area (Å²) >= 11 is 1.61. The van der Waals surface area contributed by atoms with Gasteiger partial charge in [-0.05, 0) is 24.3 Å². The third-order valence-electron chi connectivity index (χ3n) is 3.73. The Hall–Kier alpha value is -2.08. The van der Waals surface area contributed by atoms with E-state index in [9.17, 15) is 14.7 Å². The number of nitrogens with zero attached hydrogens (tertiary/aromatic N) is 1. The summed E-state index contributed by atoms with van der Waals surface area (Å²) in [5.74, 6) is -0.811. The zero-order chi connectivity index (χ0) is 15.7. The number of furan rings is 1. The van der Waals surface area contributed by atoms with E-state index in [4.69, 9.17) is 4.42 Å². The Morgan fingerprint density at radius 1 is 1.45 bits per heavy atom. The van der Waals surface area contributed by atoms with Gasteiger partial charge in [0.15, 0.2) is 5.76 Å². The van der Waals surface area contributed by atoms with Crippen LogP contribution in [0.5, 0.6) is 0 Å². The summed E-state index contributed by atoms with van der Waals surface area (Å²) in [5, 5.41) is 11.2. The highest BCUT2D eigenvalue weighted by Gasteiger charge is 2.35. The normalized spacial score (nSPS) is 14.0. The average Bonchev–Trinajstić information content (AvgIpc) is 3.04. The number of amides is 1. The highest BCUT2D eigenvalue weighted by molar-refractivity contribution is 7.09. The number of carbonyl (C=O) groups excluding carboxylic acids is 1. The molecule has 1 aliphatic carbocycles. The number of hydrogen-bond acceptors (Lipinski definition) is 4. The Labute approximate surface area is 132 Å². The molecule has 0 radical (unpaired) electrons. The van der Waals surface area contributed by atoms with Gasteiger partial charge < -0.3 is 14.4 Å². The molecule has 0 saturated heterocycles. The van der Waals surface area contributed by atoms with Crippen LogP contribution in [-0.2, 0) is 13.0 Å². The van der Waals surface area contributed by atoms with Crippen LogP contribution in [0.2, 0.25) is 0 Å². The third kappa shape index (κ3) is 2.92. The zero-order valence-corrected chi connectivity index (χ0v) is 13.1. The van der Waals surface area contributed by atoms with Gasteiger partial charge in [0.25, 0.3) is 5.91 Å². The predicted molar refractivity (Wildman–Crippen MR) is 82.3 cm³/mol. The molecule has 0 unspecified atom stereocenters. The summed E-state index contributed by atoms with van der Waals surface area (Å²) < 4.78 is 5.50. The molecule has 0 atom stereocenters. The maximum Gasteiger partial charge on any atom is 0.339 e. The molecule has 2 aromatic rings. The Morgan fingerprint density at radius 3 is 2.73 bits per heavy atom. The molecule has 0 aromatic carbocycles. The summed E-state index contributed by atoms with van der Waals surface area (Å²) in [7, 11) is 0. The van der Waals surface area contributed by atoms with Crippen LogP contribution in [0, 0.1) is 0 Å². The number of thiophene rings is 1. The molecular formula is C16H17NO4S. The third-order valence-corrected chi connectivity index (χ3v) is 4.59. The topological polar surface area (TPSA) is 70.8 Å². The Bertz CT molecular complexity index is 685. The van der Waals surface area contributed by atoms with E-state index in [0.717, 1.165) is 17.7 Å². The number of carboxylic acid groups (broad SMARTS) is 1. The van der Waals surface area contributed by atoms with Crippen molar-refractivity contribution in [2.45, 2.75) is 38.8 Å². The molecule has 1 saturated carbocycles. The maximum absolute atomic E-state index is 12.7. The summed E-state index contributed by atoms with van der Waals surface area (Å²) in [5.41, 5.74) is 0.0812. The van der Waals surface area contributed by atoms with E-state index in [1.807, 2.05) is 24.4 Å². The van der Waals surface area contributed by atoms with E-state index in [-0.39, 0.29) is 23.3 Å². The zero-order valence-electron chi connectivity index (χ0n) is 12.2. The summed E-state index contributed by atoms with van der Waals surface area (Å²) in [6.07, 6.45) is 2.43. The van der Waals surface area contributed by atoms with Gasteiger partial charge in [-0.2, -0.15) is 0 Å². The highest BCUT2D eigenvalue weighted by atomic mass is 32.1. The van der Waals surface area contributed by atoms with Crippen molar-refractivity contribution in [3.63, 3.8) is 0 Å². The molecule has 2 heterocycles. The van der Waals surface area contributed by atoms with Gasteiger partial charge in [-0.1, -0.05) is 13.0 Å². The van der Waals surface area contributed by atoms with Gasteiger partial charge in [0.2, 0.25) is 0 Å². The quantitative estimate of drug-likeness (QED) is 0.886. The van der Waals surface area contributed by atoms with Crippen LogP contribution in [0.4, 0.5) is 0 Å². The molecule has 1 amide bonds.